The van der Waals surface area contributed by atoms with Crippen LogP contribution in [0.2, 0.25) is 0 Å². The Morgan fingerprint density at radius 1 is 0.864 bits per heavy atom. The number of aromatic hydroxyl groups is 1. The molecule has 5 rings (SSSR count). The lowest BCUT2D eigenvalue weighted by molar-refractivity contribution is -0.348. The van der Waals surface area contributed by atoms with Gasteiger partial charge in [0.25, 0.3) is 5.91 Å². The number of sulfone groups is 1. The average Bonchev–Trinajstić information content (AvgIpc) is 3.35. The molecule has 0 unspecified atom stereocenters. The van der Waals surface area contributed by atoms with Crippen LogP contribution < -0.4 is 0 Å². The van der Waals surface area contributed by atoms with Crippen molar-refractivity contribution in [1.29, 1.82) is 0 Å². The minimum absolute atomic E-state index is 0.180. The molecule has 3 aromatic rings. The second-order valence-electron chi connectivity index (χ2n) is 10.5. The molecule has 0 aromatic heterocycles. The number of carbonyl (C=O) groups excluding carboxylic acids is 1. The number of benzene rings is 3. The van der Waals surface area contributed by atoms with Gasteiger partial charge in [0.1, 0.15) is 10.6 Å². The van der Waals surface area contributed by atoms with Crippen molar-refractivity contribution in [3.63, 3.8) is 0 Å². The van der Waals surface area contributed by atoms with Crippen LogP contribution in [0.25, 0.3) is 0 Å². The zero-order chi connectivity index (χ0) is 32.6. The van der Waals surface area contributed by atoms with Gasteiger partial charge in [-0.05, 0) is 66.8 Å². The van der Waals surface area contributed by atoms with Crippen LogP contribution in [-0.2, 0) is 26.7 Å². The fraction of sp³-hybridized carbons (Fsp3) is 0.321. The zero-order valence-corrected chi connectivity index (χ0v) is 22.7. The first-order valence-corrected chi connectivity index (χ1v) is 14.2. The maximum atomic E-state index is 14.9. The summed E-state index contributed by atoms with van der Waals surface area (Å²) in [6.07, 6.45) is -14.1. The van der Waals surface area contributed by atoms with Gasteiger partial charge >= 0.3 is 18.0 Å². The highest BCUT2D eigenvalue weighted by molar-refractivity contribution is 7.92. The van der Waals surface area contributed by atoms with Crippen LogP contribution in [0.1, 0.15) is 39.9 Å². The smallest absolute Gasteiger partial charge is 0.435 e. The Morgan fingerprint density at radius 3 is 1.98 bits per heavy atom. The predicted molar refractivity (Wildman–Crippen MR) is 132 cm³/mol. The summed E-state index contributed by atoms with van der Waals surface area (Å²) < 4.78 is 164. The lowest BCUT2D eigenvalue weighted by Gasteiger charge is -2.43. The summed E-state index contributed by atoms with van der Waals surface area (Å²) in [6.45, 7) is -0.409. The molecule has 0 bridgehead atoms. The van der Waals surface area contributed by atoms with Gasteiger partial charge in [0.05, 0.1) is 10.9 Å². The maximum absolute atomic E-state index is 14.9. The first-order valence-electron chi connectivity index (χ1n) is 12.7. The number of likely N-dealkylation sites (tertiary alicyclic amines) is 1. The molecule has 44 heavy (non-hydrogen) atoms. The van der Waals surface area contributed by atoms with Crippen molar-refractivity contribution in [3.8, 4) is 5.75 Å². The number of hydrogen-bond donors (Lipinski definition) is 1. The Balaban J connectivity index is 1.71. The largest absolute Gasteiger partial charge is 0.503 e. The number of carbonyl (C=O) groups is 1. The van der Waals surface area contributed by atoms with E-state index in [0.29, 0.717) is 24.3 Å². The van der Waals surface area contributed by atoms with Gasteiger partial charge < -0.3 is 10.0 Å². The maximum Gasteiger partial charge on any atom is 0.435 e. The molecule has 1 N–H and O–H groups in total. The number of halogens is 10. The zero-order valence-electron chi connectivity index (χ0n) is 21.9. The van der Waals surface area contributed by atoms with E-state index in [2.05, 4.69) is 0 Å². The molecule has 0 spiro atoms. The standard InChI is InChI=1S/C28H19F10NO4S/c29-17-3-5-18(6-4-17)44(42,43)25-9-10-39(24(41)15-12-20(30)23(40)21(31)13-15)22(25)8-1-14-11-16(2-7-19(14)25)26(32,27(33,34)35)28(36,37)38/h2-7,11-13,22,40H,1,8-10H2/t22-,25-/m0/s1. The number of hydrogen-bond acceptors (Lipinski definition) is 4. The highest BCUT2D eigenvalue weighted by Gasteiger charge is 2.73. The van der Waals surface area contributed by atoms with Crippen molar-refractivity contribution in [3.05, 3.63) is 94.3 Å². The van der Waals surface area contributed by atoms with E-state index >= 15 is 0 Å². The van der Waals surface area contributed by atoms with E-state index in [1.54, 1.807) is 0 Å². The predicted octanol–water partition coefficient (Wildman–Crippen LogP) is 6.63. The quantitative estimate of drug-likeness (QED) is 0.253. The monoisotopic (exact) mass is 655 g/mol. The van der Waals surface area contributed by atoms with Crippen LogP contribution in [-0.4, -0.2) is 49.3 Å². The van der Waals surface area contributed by atoms with Crippen LogP contribution in [0.4, 0.5) is 43.9 Å². The van der Waals surface area contributed by atoms with Gasteiger partial charge in [0, 0.05) is 17.7 Å². The van der Waals surface area contributed by atoms with Crippen LogP contribution in [0.3, 0.4) is 0 Å². The summed E-state index contributed by atoms with van der Waals surface area (Å²) in [6, 6.07) is 4.11. The minimum Gasteiger partial charge on any atom is -0.503 e. The number of fused-ring (bicyclic) bond motifs is 3. The van der Waals surface area contributed by atoms with Gasteiger partial charge in [-0.15, -0.1) is 0 Å². The topological polar surface area (TPSA) is 74.7 Å². The number of phenols is 1. The Labute approximate surface area is 242 Å². The summed E-state index contributed by atoms with van der Waals surface area (Å²) in [5.41, 5.74) is -8.92. The molecule has 236 valence electrons. The lowest BCUT2D eigenvalue weighted by atomic mass is 9.76. The summed E-state index contributed by atoms with van der Waals surface area (Å²) >= 11 is 0. The van der Waals surface area contributed by atoms with E-state index in [4.69, 9.17) is 0 Å². The van der Waals surface area contributed by atoms with E-state index in [-0.39, 0.29) is 23.6 Å². The average molecular weight is 656 g/mol. The van der Waals surface area contributed by atoms with Gasteiger partial charge in [0.2, 0.25) is 0 Å². The Kier molecular flexibility index (Phi) is 7.26. The first kappa shape index (κ1) is 31.6. The fourth-order valence-electron chi connectivity index (χ4n) is 6.15. The van der Waals surface area contributed by atoms with Crippen LogP contribution >= 0.6 is 0 Å². The van der Waals surface area contributed by atoms with Crippen molar-refractivity contribution in [2.24, 2.45) is 0 Å². The van der Waals surface area contributed by atoms with Crippen LogP contribution in [0, 0.1) is 17.5 Å². The number of aryl methyl sites for hydroxylation is 1. The van der Waals surface area contributed by atoms with Crippen molar-refractivity contribution < 1.29 is 62.2 Å². The lowest BCUT2D eigenvalue weighted by Crippen LogP contribution is -2.53. The molecular formula is C28H19F10NO4S. The number of phenolic OH excluding ortho intramolecular Hbond substituents is 1. The summed E-state index contributed by atoms with van der Waals surface area (Å²) in [5.74, 6) is -6.28. The van der Waals surface area contributed by atoms with E-state index in [9.17, 15) is 62.2 Å². The summed E-state index contributed by atoms with van der Waals surface area (Å²) in [7, 11) is -4.75. The third-order valence-electron chi connectivity index (χ3n) is 8.19. The molecule has 1 amide bonds. The molecule has 3 aromatic carbocycles. The Morgan fingerprint density at radius 2 is 1.43 bits per heavy atom. The van der Waals surface area contributed by atoms with Gasteiger partial charge in [-0.25, -0.2) is 26.0 Å². The molecule has 1 heterocycles. The molecule has 1 saturated heterocycles. The minimum atomic E-state index is -6.43. The second kappa shape index (κ2) is 10.1. The normalized spacial score (nSPS) is 20.8. The van der Waals surface area contributed by atoms with E-state index < -0.39 is 103 Å². The molecule has 1 aliphatic carbocycles. The molecule has 5 nitrogen and oxygen atoms in total. The Bertz CT molecular complexity index is 1720. The third-order valence-corrected chi connectivity index (χ3v) is 10.7. The molecule has 16 heteroatoms. The summed E-state index contributed by atoms with van der Waals surface area (Å²) in [5, 5.41) is 9.40. The van der Waals surface area contributed by atoms with Crippen LogP contribution in [0.5, 0.6) is 5.75 Å². The second-order valence-corrected chi connectivity index (χ2v) is 12.7. The highest BCUT2D eigenvalue weighted by Crippen LogP contribution is 2.56. The Hall–Kier alpha value is -3.82. The van der Waals surface area contributed by atoms with Crippen LogP contribution in [0.15, 0.2) is 59.5 Å². The summed E-state index contributed by atoms with van der Waals surface area (Å²) in [4.78, 5) is 13.9. The molecule has 2 atom stereocenters. The van der Waals surface area contributed by atoms with E-state index in [1.807, 2.05) is 0 Å². The molecule has 1 aliphatic heterocycles. The van der Waals surface area contributed by atoms with E-state index in [0.717, 1.165) is 29.2 Å². The molecular weight excluding hydrogens is 636 g/mol. The van der Waals surface area contributed by atoms with Gasteiger partial charge in [0.15, 0.2) is 27.2 Å². The molecule has 0 radical (unpaired) electrons. The first-order chi connectivity index (χ1) is 20.3. The number of amides is 1. The number of rotatable bonds is 4. The van der Waals surface area contributed by atoms with E-state index in [1.165, 1.54) is 0 Å². The number of nitrogens with zero attached hydrogens (tertiary/aromatic N) is 1. The fourth-order valence-corrected chi connectivity index (χ4v) is 8.52. The van der Waals surface area contributed by atoms with Gasteiger partial charge in [-0.3, -0.25) is 4.79 Å². The van der Waals surface area contributed by atoms with Crippen molar-refractivity contribution in [2.75, 3.05) is 6.54 Å². The van der Waals surface area contributed by atoms with Gasteiger partial charge in [-0.2, -0.15) is 26.3 Å². The molecule has 0 saturated carbocycles. The SMILES string of the molecule is O=C(c1cc(F)c(O)c(F)c1)N1CC[C@]2(S(=O)(=O)c3ccc(F)cc3)c3ccc(C(F)(C(F)(F)F)C(F)(F)F)cc3CC[C@H]12. The molecule has 1 fully saturated rings. The van der Waals surface area contributed by atoms with Gasteiger partial charge in [-0.1, -0.05) is 18.2 Å². The number of alkyl halides is 7. The van der Waals surface area contributed by atoms with Crippen molar-refractivity contribution >= 4 is 15.7 Å². The third kappa shape index (κ3) is 4.43. The van der Waals surface area contributed by atoms with Crippen molar-refractivity contribution in [2.45, 2.75) is 53.0 Å². The van der Waals surface area contributed by atoms with Crippen molar-refractivity contribution in [1.82, 2.24) is 4.90 Å². The highest BCUT2D eigenvalue weighted by atomic mass is 32.2. The molecule has 2 aliphatic rings.